The molecule has 0 unspecified atom stereocenters. The van der Waals surface area contributed by atoms with Crippen molar-refractivity contribution in [1.82, 2.24) is 14.3 Å². The van der Waals surface area contributed by atoms with Crippen LogP contribution in [0.2, 0.25) is 0 Å². The molecule has 1 aliphatic carbocycles. The number of benzene rings is 1. The predicted octanol–water partition coefficient (Wildman–Crippen LogP) is 5.41. The number of nitrogens with zero attached hydrogens (tertiary/aromatic N) is 3. The van der Waals surface area contributed by atoms with Gasteiger partial charge in [-0.3, -0.25) is 4.79 Å². The maximum Gasteiger partial charge on any atom is 0.209 e. The van der Waals surface area contributed by atoms with Crippen molar-refractivity contribution in [2.45, 2.75) is 32.0 Å². The van der Waals surface area contributed by atoms with Gasteiger partial charge in [0.15, 0.2) is 0 Å². The molecule has 36 heavy (non-hydrogen) atoms. The smallest absolute Gasteiger partial charge is 0.209 e. The minimum Gasteiger partial charge on any atom is -0.496 e. The first-order chi connectivity index (χ1) is 17.4. The van der Waals surface area contributed by atoms with Crippen LogP contribution < -0.4 is 9.47 Å². The minimum atomic E-state index is -0.376. The Morgan fingerprint density at radius 2 is 2.14 bits per heavy atom. The number of hydrogen-bond donors (Lipinski definition) is 1. The van der Waals surface area contributed by atoms with E-state index in [1.807, 2.05) is 57.6 Å². The molecule has 1 N–H and O–H groups in total. The minimum absolute atomic E-state index is 0.0276. The number of carbonyl (C=O) groups excluding carboxylic acids is 1. The predicted molar refractivity (Wildman–Crippen MR) is 139 cm³/mol. The van der Waals surface area contributed by atoms with E-state index in [2.05, 4.69) is 12.6 Å². The Bertz CT molecular complexity index is 1480. The van der Waals surface area contributed by atoms with E-state index in [0.717, 1.165) is 45.8 Å². The maximum atomic E-state index is 13.7. The van der Waals surface area contributed by atoms with Crippen LogP contribution in [0, 0.1) is 5.92 Å². The molecule has 1 aliphatic heterocycles. The number of ether oxygens (including phenoxy) is 2. The number of hydrogen-bond acceptors (Lipinski definition) is 6. The molecular formula is C28H27N3O4S. The van der Waals surface area contributed by atoms with Crippen LogP contribution >= 0.6 is 11.3 Å². The molecule has 6 rings (SSSR count). The Labute approximate surface area is 213 Å². The number of rotatable bonds is 6. The van der Waals surface area contributed by atoms with Crippen molar-refractivity contribution in [3.63, 3.8) is 0 Å². The van der Waals surface area contributed by atoms with E-state index in [0.29, 0.717) is 29.9 Å². The maximum absolute atomic E-state index is 13.7. The molecular weight excluding hydrogens is 474 g/mol. The summed E-state index contributed by atoms with van der Waals surface area (Å²) in [4.78, 5) is 13.7. The van der Waals surface area contributed by atoms with Gasteiger partial charge < -0.3 is 19.1 Å². The highest BCUT2D eigenvalue weighted by atomic mass is 32.1. The van der Waals surface area contributed by atoms with Crippen LogP contribution in [0.4, 0.5) is 0 Å². The lowest BCUT2D eigenvalue weighted by atomic mass is 9.91. The average molecular weight is 502 g/mol. The first-order valence-corrected chi connectivity index (χ1v) is 12.9. The third-order valence-corrected chi connectivity index (χ3v) is 7.88. The van der Waals surface area contributed by atoms with Gasteiger partial charge in [-0.25, -0.2) is 4.68 Å². The Morgan fingerprint density at radius 3 is 2.81 bits per heavy atom. The van der Waals surface area contributed by atoms with Crippen molar-refractivity contribution in [3.05, 3.63) is 70.8 Å². The molecule has 184 valence electrons. The zero-order valence-corrected chi connectivity index (χ0v) is 21.0. The number of fused-ring (bicyclic) bond motifs is 3. The second kappa shape index (κ2) is 8.80. The lowest BCUT2D eigenvalue weighted by molar-refractivity contribution is 0.101. The van der Waals surface area contributed by atoms with E-state index in [-0.39, 0.29) is 24.4 Å². The highest BCUT2D eigenvalue weighted by Crippen LogP contribution is 2.46. The summed E-state index contributed by atoms with van der Waals surface area (Å²) in [7, 11) is 3.63. The van der Waals surface area contributed by atoms with E-state index in [4.69, 9.17) is 14.6 Å². The molecule has 0 radical (unpaired) electrons. The molecule has 3 aromatic heterocycles. The quantitative estimate of drug-likeness (QED) is 0.282. The SMILES string of the molecule is C=C(C(=O)c1nn(-c2ccsc2)c2c1COc1cc(OC)c(-c3ccn(C)c3)cc1-2)[C@H]1CC[C@H](O)C1. The molecule has 0 saturated heterocycles. The first-order valence-electron chi connectivity index (χ1n) is 12.0. The molecule has 7 nitrogen and oxygen atoms in total. The van der Waals surface area contributed by atoms with Gasteiger partial charge in [0.05, 0.1) is 24.6 Å². The van der Waals surface area contributed by atoms with Crippen LogP contribution in [-0.4, -0.2) is 38.5 Å². The van der Waals surface area contributed by atoms with Crippen LogP contribution in [0.3, 0.4) is 0 Å². The summed E-state index contributed by atoms with van der Waals surface area (Å²) >= 11 is 1.57. The molecule has 4 aromatic rings. The van der Waals surface area contributed by atoms with Crippen molar-refractivity contribution < 1.29 is 19.4 Å². The van der Waals surface area contributed by atoms with Gasteiger partial charge >= 0.3 is 0 Å². The third-order valence-electron chi connectivity index (χ3n) is 7.21. The second-order valence-electron chi connectivity index (χ2n) is 9.49. The number of Topliss-reactive ketones (excluding diaryl/α,β-unsaturated/α-hetero) is 1. The Hall–Kier alpha value is -3.62. The normalized spacial score (nSPS) is 18.4. The third kappa shape index (κ3) is 3.68. The fourth-order valence-electron chi connectivity index (χ4n) is 5.30. The van der Waals surface area contributed by atoms with Crippen molar-refractivity contribution >= 4 is 17.1 Å². The standard InChI is InChI=1S/C28H27N3O4S/c1-16(17-4-5-20(32)10-17)28(33)26-23-14-35-25-12-24(34-3)21(18-6-8-30(2)13-18)11-22(25)27(23)31(29-26)19-7-9-36-15-19/h6-9,11-13,15,17,20,32H,1,4-5,10,14H2,2-3H3/t17-,20-/m0/s1. The highest BCUT2D eigenvalue weighted by Gasteiger charge is 2.35. The molecule has 2 atom stereocenters. The summed E-state index contributed by atoms with van der Waals surface area (Å²) < 4.78 is 15.7. The largest absolute Gasteiger partial charge is 0.496 e. The van der Waals surface area contributed by atoms with Gasteiger partial charge in [-0.1, -0.05) is 6.58 Å². The van der Waals surface area contributed by atoms with E-state index in [9.17, 15) is 9.90 Å². The van der Waals surface area contributed by atoms with Gasteiger partial charge in [-0.2, -0.15) is 16.4 Å². The highest BCUT2D eigenvalue weighted by molar-refractivity contribution is 7.08. The number of aryl methyl sites for hydroxylation is 1. The molecule has 4 heterocycles. The first kappa shape index (κ1) is 22.8. The molecule has 1 saturated carbocycles. The molecule has 1 fully saturated rings. The van der Waals surface area contributed by atoms with Crippen LogP contribution in [-0.2, 0) is 13.7 Å². The fourth-order valence-corrected chi connectivity index (χ4v) is 5.91. The average Bonchev–Trinajstić information content (AvgIpc) is 3.68. The van der Waals surface area contributed by atoms with Crippen molar-refractivity contribution in [3.8, 4) is 39.6 Å². The number of aromatic nitrogens is 3. The van der Waals surface area contributed by atoms with Crippen LogP contribution in [0.15, 0.2) is 59.6 Å². The lowest BCUT2D eigenvalue weighted by Gasteiger charge is -2.22. The lowest BCUT2D eigenvalue weighted by Crippen LogP contribution is -2.15. The topological polar surface area (TPSA) is 78.5 Å². The molecule has 2 aliphatic rings. The number of allylic oxidation sites excluding steroid dienone is 1. The van der Waals surface area contributed by atoms with Gasteiger partial charge in [0.25, 0.3) is 0 Å². The Balaban J connectivity index is 1.52. The number of aliphatic hydroxyl groups excluding tert-OH is 1. The van der Waals surface area contributed by atoms with Crippen LogP contribution in [0.25, 0.3) is 28.1 Å². The van der Waals surface area contributed by atoms with E-state index in [1.54, 1.807) is 18.4 Å². The summed E-state index contributed by atoms with van der Waals surface area (Å²) in [5.74, 6) is 1.20. The molecule has 0 amide bonds. The van der Waals surface area contributed by atoms with Gasteiger partial charge in [-0.05, 0) is 54.3 Å². The second-order valence-corrected chi connectivity index (χ2v) is 10.3. The summed E-state index contributed by atoms with van der Waals surface area (Å²) in [6.07, 6.45) is 5.68. The molecule has 0 spiro atoms. The summed E-state index contributed by atoms with van der Waals surface area (Å²) in [6.45, 7) is 4.35. The van der Waals surface area contributed by atoms with Gasteiger partial charge in [0, 0.05) is 53.1 Å². The van der Waals surface area contributed by atoms with Crippen LogP contribution in [0.1, 0.15) is 35.3 Å². The molecule has 0 bridgehead atoms. The number of methoxy groups -OCH3 is 1. The zero-order valence-electron chi connectivity index (χ0n) is 20.2. The fraction of sp³-hybridized carbons (Fsp3) is 0.286. The van der Waals surface area contributed by atoms with Gasteiger partial charge in [-0.15, -0.1) is 0 Å². The van der Waals surface area contributed by atoms with E-state index < -0.39 is 0 Å². The molecule has 1 aromatic carbocycles. The summed E-state index contributed by atoms with van der Waals surface area (Å²) in [6, 6.07) is 8.00. The zero-order chi connectivity index (χ0) is 25.0. The summed E-state index contributed by atoms with van der Waals surface area (Å²) in [5, 5.41) is 18.8. The molecule has 8 heteroatoms. The Kier molecular flexibility index (Phi) is 5.58. The number of ketones is 1. The van der Waals surface area contributed by atoms with Crippen LogP contribution in [0.5, 0.6) is 11.5 Å². The number of aliphatic hydroxyl groups is 1. The van der Waals surface area contributed by atoms with Crippen molar-refractivity contribution in [2.75, 3.05) is 7.11 Å². The number of carbonyl (C=O) groups is 1. The van der Waals surface area contributed by atoms with Crippen molar-refractivity contribution in [2.24, 2.45) is 13.0 Å². The Morgan fingerprint density at radius 1 is 1.28 bits per heavy atom. The van der Waals surface area contributed by atoms with Gasteiger partial charge in [0.2, 0.25) is 5.78 Å². The van der Waals surface area contributed by atoms with Crippen molar-refractivity contribution in [1.29, 1.82) is 0 Å². The monoisotopic (exact) mass is 501 g/mol. The van der Waals surface area contributed by atoms with Gasteiger partial charge in [0.1, 0.15) is 23.8 Å². The van der Waals surface area contributed by atoms with E-state index >= 15 is 0 Å². The summed E-state index contributed by atoms with van der Waals surface area (Å²) in [5.41, 5.74) is 6.18. The van der Waals surface area contributed by atoms with E-state index in [1.165, 1.54) is 0 Å². The number of thiophene rings is 1.